The molecule has 0 spiro atoms. The Hall–Kier alpha value is -0.880. The second kappa shape index (κ2) is 5.40. The summed E-state index contributed by atoms with van der Waals surface area (Å²) in [6.07, 6.45) is 1.87. The van der Waals surface area contributed by atoms with E-state index in [4.69, 9.17) is 0 Å². The Morgan fingerprint density at radius 3 is 2.50 bits per heavy atom. The summed E-state index contributed by atoms with van der Waals surface area (Å²) < 4.78 is 24.5. The van der Waals surface area contributed by atoms with E-state index in [0.29, 0.717) is 18.5 Å². The highest BCUT2D eigenvalue weighted by atomic mass is 79.9. The van der Waals surface area contributed by atoms with Crippen molar-refractivity contribution in [2.45, 2.75) is 24.5 Å². The van der Waals surface area contributed by atoms with E-state index in [1.54, 1.807) is 24.3 Å². The molecular formula is C12H14BrNO3S. The van der Waals surface area contributed by atoms with E-state index in [-0.39, 0.29) is 5.75 Å². The van der Waals surface area contributed by atoms with Gasteiger partial charge in [-0.25, -0.2) is 8.42 Å². The van der Waals surface area contributed by atoms with Crippen LogP contribution in [-0.2, 0) is 14.6 Å². The summed E-state index contributed by atoms with van der Waals surface area (Å²) in [6.45, 7) is 0. The Kier molecular flexibility index (Phi) is 4.07. The molecule has 0 radical (unpaired) electrons. The molecule has 1 amide bonds. The highest BCUT2D eigenvalue weighted by Crippen LogP contribution is 2.21. The summed E-state index contributed by atoms with van der Waals surface area (Å²) in [5, 5.41) is 1.76. The molecule has 1 aliphatic heterocycles. The van der Waals surface area contributed by atoms with Gasteiger partial charge in [-0.15, -0.1) is 0 Å². The van der Waals surface area contributed by atoms with Crippen LogP contribution in [0.1, 0.15) is 19.3 Å². The SMILES string of the molecule is O=C(Nc1ccc(Br)cc1)C1CCCCS1(=O)=O. The van der Waals surface area contributed by atoms with Crippen LogP contribution in [0.2, 0.25) is 0 Å². The lowest BCUT2D eigenvalue weighted by Gasteiger charge is -2.21. The average molecular weight is 332 g/mol. The third-order valence-electron chi connectivity index (χ3n) is 2.98. The van der Waals surface area contributed by atoms with Crippen LogP contribution in [0.4, 0.5) is 5.69 Å². The van der Waals surface area contributed by atoms with Gasteiger partial charge in [-0.2, -0.15) is 0 Å². The highest BCUT2D eigenvalue weighted by molar-refractivity contribution is 9.10. The van der Waals surface area contributed by atoms with Gasteiger partial charge >= 0.3 is 0 Å². The first-order chi connectivity index (χ1) is 8.49. The van der Waals surface area contributed by atoms with Gasteiger partial charge < -0.3 is 5.32 Å². The number of hydrogen-bond donors (Lipinski definition) is 1. The molecule has 1 atom stereocenters. The molecule has 18 heavy (non-hydrogen) atoms. The van der Waals surface area contributed by atoms with Gasteiger partial charge in [-0.3, -0.25) is 4.79 Å². The molecule has 0 aliphatic carbocycles. The van der Waals surface area contributed by atoms with E-state index in [9.17, 15) is 13.2 Å². The second-order valence-electron chi connectivity index (χ2n) is 4.35. The number of anilines is 1. The van der Waals surface area contributed by atoms with Gasteiger partial charge in [-0.1, -0.05) is 22.4 Å². The van der Waals surface area contributed by atoms with Gasteiger partial charge in [0, 0.05) is 10.2 Å². The number of amides is 1. The van der Waals surface area contributed by atoms with Crippen LogP contribution >= 0.6 is 15.9 Å². The number of rotatable bonds is 2. The molecule has 0 aromatic heterocycles. The second-order valence-corrected chi connectivity index (χ2v) is 7.57. The lowest BCUT2D eigenvalue weighted by atomic mass is 10.2. The number of hydrogen-bond acceptors (Lipinski definition) is 3. The smallest absolute Gasteiger partial charge is 0.242 e. The summed E-state index contributed by atoms with van der Waals surface area (Å²) >= 11 is 3.30. The number of benzene rings is 1. The van der Waals surface area contributed by atoms with Crippen LogP contribution < -0.4 is 5.32 Å². The van der Waals surface area contributed by atoms with Crippen molar-refractivity contribution in [1.29, 1.82) is 0 Å². The van der Waals surface area contributed by atoms with Crippen molar-refractivity contribution in [2.75, 3.05) is 11.1 Å². The van der Waals surface area contributed by atoms with E-state index >= 15 is 0 Å². The zero-order chi connectivity index (χ0) is 13.2. The van der Waals surface area contributed by atoms with Crippen molar-refractivity contribution in [1.82, 2.24) is 0 Å². The van der Waals surface area contributed by atoms with Gasteiger partial charge in [0.05, 0.1) is 5.75 Å². The summed E-state index contributed by atoms with van der Waals surface area (Å²) in [5.74, 6) is -0.303. The van der Waals surface area contributed by atoms with Crippen LogP contribution in [0.25, 0.3) is 0 Å². The molecule has 1 aromatic carbocycles. The summed E-state index contributed by atoms with van der Waals surface area (Å²) in [5.41, 5.74) is 0.615. The Morgan fingerprint density at radius 2 is 1.89 bits per heavy atom. The minimum absolute atomic E-state index is 0.116. The van der Waals surface area contributed by atoms with Gasteiger partial charge in [0.25, 0.3) is 0 Å². The predicted octanol–water partition coefficient (Wildman–Crippen LogP) is 2.35. The van der Waals surface area contributed by atoms with E-state index < -0.39 is 21.0 Å². The number of carbonyl (C=O) groups excluding carboxylic acids is 1. The Bertz CT molecular complexity index is 539. The molecule has 6 heteroatoms. The fourth-order valence-corrected chi connectivity index (χ4v) is 4.07. The van der Waals surface area contributed by atoms with Crippen LogP contribution in [0, 0.1) is 0 Å². The van der Waals surface area contributed by atoms with E-state index in [2.05, 4.69) is 21.2 Å². The first kappa shape index (κ1) is 13.5. The fraction of sp³-hybridized carbons (Fsp3) is 0.417. The maximum absolute atomic E-state index is 12.0. The van der Waals surface area contributed by atoms with Gasteiger partial charge in [0.1, 0.15) is 5.25 Å². The summed E-state index contributed by atoms with van der Waals surface area (Å²) in [4.78, 5) is 12.0. The molecule has 1 saturated heterocycles. The molecule has 0 bridgehead atoms. The van der Waals surface area contributed by atoms with Crippen molar-refractivity contribution < 1.29 is 13.2 Å². The average Bonchev–Trinajstić information content (AvgIpc) is 2.31. The predicted molar refractivity (Wildman–Crippen MR) is 74.2 cm³/mol. The maximum atomic E-state index is 12.0. The molecule has 1 heterocycles. The molecule has 1 fully saturated rings. The van der Waals surface area contributed by atoms with E-state index in [1.165, 1.54) is 0 Å². The third kappa shape index (κ3) is 3.11. The van der Waals surface area contributed by atoms with Crippen LogP contribution in [-0.4, -0.2) is 25.3 Å². The minimum Gasteiger partial charge on any atom is -0.325 e. The number of nitrogens with one attached hydrogen (secondary N) is 1. The third-order valence-corrected chi connectivity index (χ3v) is 5.69. The lowest BCUT2D eigenvalue weighted by molar-refractivity contribution is -0.116. The maximum Gasteiger partial charge on any atom is 0.242 e. The quantitative estimate of drug-likeness (QED) is 0.904. The monoisotopic (exact) mass is 331 g/mol. The number of halogens is 1. The summed E-state index contributed by atoms with van der Waals surface area (Å²) in [7, 11) is -3.27. The zero-order valence-electron chi connectivity index (χ0n) is 9.73. The first-order valence-electron chi connectivity index (χ1n) is 5.77. The van der Waals surface area contributed by atoms with Crippen LogP contribution in [0.15, 0.2) is 28.7 Å². The highest BCUT2D eigenvalue weighted by Gasteiger charge is 2.34. The number of sulfone groups is 1. The molecule has 4 nitrogen and oxygen atoms in total. The molecule has 1 N–H and O–H groups in total. The molecular weight excluding hydrogens is 318 g/mol. The largest absolute Gasteiger partial charge is 0.325 e. The molecule has 98 valence electrons. The topological polar surface area (TPSA) is 63.2 Å². The Balaban J connectivity index is 2.10. The van der Waals surface area contributed by atoms with Crippen molar-refractivity contribution >= 4 is 37.4 Å². The fourth-order valence-electron chi connectivity index (χ4n) is 2.00. The van der Waals surface area contributed by atoms with Crippen LogP contribution in [0.3, 0.4) is 0 Å². The zero-order valence-corrected chi connectivity index (χ0v) is 12.1. The molecule has 1 unspecified atom stereocenters. The van der Waals surface area contributed by atoms with Crippen LogP contribution in [0.5, 0.6) is 0 Å². The van der Waals surface area contributed by atoms with Crippen molar-refractivity contribution in [3.05, 3.63) is 28.7 Å². The lowest BCUT2D eigenvalue weighted by Crippen LogP contribution is -2.39. The standard InChI is InChI=1S/C12H14BrNO3S/c13-9-4-6-10(7-5-9)14-12(15)11-3-1-2-8-18(11,16)17/h4-7,11H,1-3,8H2,(H,14,15). The van der Waals surface area contributed by atoms with Gasteiger partial charge in [0.15, 0.2) is 9.84 Å². The van der Waals surface area contributed by atoms with Crippen molar-refractivity contribution in [3.8, 4) is 0 Å². The first-order valence-corrected chi connectivity index (χ1v) is 8.28. The molecule has 1 aromatic rings. The molecule has 2 rings (SSSR count). The van der Waals surface area contributed by atoms with Crippen molar-refractivity contribution in [3.63, 3.8) is 0 Å². The number of carbonyl (C=O) groups is 1. The Morgan fingerprint density at radius 1 is 1.22 bits per heavy atom. The Labute approximate surface area is 115 Å². The van der Waals surface area contributed by atoms with Crippen molar-refractivity contribution in [2.24, 2.45) is 0 Å². The van der Waals surface area contributed by atoms with Gasteiger partial charge in [-0.05, 0) is 37.1 Å². The summed E-state index contributed by atoms with van der Waals surface area (Å²) in [6, 6.07) is 7.06. The molecule has 1 aliphatic rings. The van der Waals surface area contributed by atoms with E-state index in [0.717, 1.165) is 10.9 Å². The van der Waals surface area contributed by atoms with E-state index in [1.807, 2.05) is 0 Å². The van der Waals surface area contributed by atoms with Gasteiger partial charge in [0.2, 0.25) is 5.91 Å². The molecule has 0 saturated carbocycles. The normalized spacial score (nSPS) is 22.4. The minimum atomic E-state index is -3.27.